The summed E-state index contributed by atoms with van der Waals surface area (Å²) in [5.74, 6) is -0.809. The summed E-state index contributed by atoms with van der Waals surface area (Å²) in [6.07, 6.45) is 8.19. The summed E-state index contributed by atoms with van der Waals surface area (Å²) >= 11 is 0. The lowest BCUT2D eigenvalue weighted by Gasteiger charge is -2.31. The number of nitrogens with one attached hydrogen (secondary N) is 1. The number of esters is 1. The van der Waals surface area contributed by atoms with Crippen molar-refractivity contribution in [3.05, 3.63) is 65.3 Å². The Morgan fingerprint density at radius 1 is 1.26 bits per heavy atom. The third-order valence-corrected chi connectivity index (χ3v) is 4.65. The van der Waals surface area contributed by atoms with Crippen LogP contribution < -0.4 is 0 Å². The summed E-state index contributed by atoms with van der Waals surface area (Å²) < 4.78 is 6.43. The Labute approximate surface area is 155 Å². The van der Waals surface area contributed by atoms with E-state index < -0.39 is 5.97 Å². The van der Waals surface area contributed by atoms with Crippen molar-refractivity contribution in [1.82, 2.24) is 29.6 Å². The van der Waals surface area contributed by atoms with Crippen molar-refractivity contribution in [1.29, 1.82) is 0 Å². The maximum atomic E-state index is 13.1. The van der Waals surface area contributed by atoms with Crippen molar-refractivity contribution in [2.24, 2.45) is 7.05 Å². The van der Waals surface area contributed by atoms with E-state index in [4.69, 9.17) is 4.74 Å². The summed E-state index contributed by atoms with van der Waals surface area (Å²) in [7, 11) is 3.14. The van der Waals surface area contributed by atoms with Gasteiger partial charge in [0.15, 0.2) is 0 Å². The highest BCUT2D eigenvalue weighted by molar-refractivity contribution is 5.97. The van der Waals surface area contributed by atoms with Gasteiger partial charge in [0.2, 0.25) is 0 Å². The van der Waals surface area contributed by atoms with Gasteiger partial charge in [0, 0.05) is 43.7 Å². The number of methoxy groups -OCH3 is 1. The number of nitrogens with zero attached hydrogens (tertiary/aromatic N) is 5. The molecule has 0 bridgehead atoms. The van der Waals surface area contributed by atoms with E-state index >= 15 is 0 Å². The number of amides is 1. The van der Waals surface area contributed by atoms with Crippen molar-refractivity contribution >= 4 is 11.9 Å². The second-order valence-electron chi connectivity index (χ2n) is 6.41. The van der Waals surface area contributed by atoms with Gasteiger partial charge in [-0.05, 0) is 6.07 Å². The van der Waals surface area contributed by atoms with Crippen LogP contribution in [0.1, 0.15) is 43.6 Å². The Morgan fingerprint density at radius 3 is 2.81 bits per heavy atom. The fourth-order valence-electron chi connectivity index (χ4n) is 3.33. The number of imidazole rings is 1. The number of ether oxygens (including phenoxy) is 1. The first-order valence-electron chi connectivity index (χ1n) is 8.40. The standard InChI is InChI=1S/C18H18N6O3/c1-23-7-13(6-22-23)14-8-24(9-15-16(14)21-10-20-15)17(25)11-3-12(5-19-4-11)18(26)27-2/h3-7,10,14H,8-9H2,1-2H3,(H,20,21). The van der Waals surface area contributed by atoms with Crippen LogP contribution in [0, 0.1) is 0 Å². The highest BCUT2D eigenvalue weighted by Crippen LogP contribution is 2.31. The summed E-state index contributed by atoms with van der Waals surface area (Å²) in [4.78, 5) is 38.1. The normalized spacial score (nSPS) is 16.1. The van der Waals surface area contributed by atoms with Crippen molar-refractivity contribution in [3.63, 3.8) is 0 Å². The molecule has 1 aliphatic heterocycles. The number of aromatic amines is 1. The minimum absolute atomic E-state index is 0.0746. The molecule has 27 heavy (non-hydrogen) atoms. The summed E-state index contributed by atoms with van der Waals surface area (Å²) in [6, 6.07) is 1.50. The van der Waals surface area contributed by atoms with Gasteiger partial charge in [-0.15, -0.1) is 0 Å². The lowest BCUT2D eigenvalue weighted by atomic mass is 9.93. The fourth-order valence-corrected chi connectivity index (χ4v) is 3.33. The van der Waals surface area contributed by atoms with E-state index in [1.165, 1.54) is 25.6 Å². The molecule has 1 unspecified atom stereocenters. The third-order valence-electron chi connectivity index (χ3n) is 4.65. The molecular weight excluding hydrogens is 348 g/mol. The molecular formula is C18H18N6O3. The predicted octanol–water partition coefficient (Wildman–Crippen LogP) is 1.11. The monoisotopic (exact) mass is 366 g/mol. The number of carbonyl (C=O) groups is 2. The third kappa shape index (κ3) is 3.07. The van der Waals surface area contributed by atoms with Gasteiger partial charge in [0.25, 0.3) is 5.91 Å². The largest absolute Gasteiger partial charge is 0.465 e. The molecule has 0 spiro atoms. The van der Waals surface area contributed by atoms with Crippen LogP contribution in [-0.2, 0) is 18.3 Å². The van der Waals surface area contributed by atoms with Crippen molar-refractivity contribution in [2.45, 2.75) is 12.5 Å². The van der Waals surface area contributed by atoms with Gasteiger partial charge in [-0.25, -0.2) is 9.78 Å². The van der Waals surface area contributed by atoms with Gasteiger partial charge >= 0.3 is 5.97 Å². The quantitative estimate of drug-likeness (QED) is 0.696. The molecule has 0 saturated heterocycles. The molecule has 4 rings (SSSR count). The number of aromatic nitrogens is 5. The van der Waals surface area contributed by atoms with Crippen molar-refractivity contribution in [3.8, 4) is 0 Å². The number of hydrogen-bond acceptors (Lipinski definition) is 6. The molecule has 0 aromatic carbocycles. The number of pyridine rings is 1. The van der Waals surface area contributed by atoms with Crippen LogP contribution in [-0.4, -0.2) is 55.2 Å². The van der Waals surface area contributed by atoms with E-state index in [1.54, 1.807) is 22.1 Å². The minimum atomic E-state index is -0.528. The van der Waals surface area contributed by atoms with Crippen LogP contribution >= 0.6 is 0 Å². The molecule has 138 valence electrons. The van der Waals surface area contributed by atoms with Crippen molar-refractivity contribution in [2.75, 3.05) is 13.7 Å². The van der Waals surface area contributed by atoms with Crippen LogP contribution in [0.2, 0.25) is 0 Å². The molecule has 0 fully saturated rings. The summed E-state index contributed by atoms with van der Waals surface area (Å²) in [6.45, 7) is 0.873. The van der Waals surface area contributed by atoms with Gasteiger partial charge in [0.1, 0.15) is 0 Å². The van der Waals surface area contributed by atoms with E-state index in [0.717, 1.165) is 17.0 Å². The zero-order valence-corrected chi connectivity index (χ0v) is 14.9. The Bertz CT molecular complexity index is 1010. The number of fused-ring (bicyclic) bond motifs is 1. The molecule has 3 aromatic heterocycles. The first-order chi connectivity index (χ1) is 13.1. The maximum absolute atomic E-state index is 13.1. The smallest absolute Gasteiger partial charge is 0.339 e. The molecule has 3 aromatic rings. The molecule has 4 heterocycles. The van der Waals surface area contributed by atoms with Crippen LogP contribution in [0.25, 0.3) is 0 Å². The Hall–Kier alpha value is -3.49. The average Bonchev–Trinajstić information content (AvgIpc) is 3.34. The second-order valence-corrected chi connectivity index (χ2v) is 6.41. The molecule has 9 nitrogen and oxygen atoms in total. The summed E-state index contributed by atoms with van der Waals surface area (Å²) in [5, 5.41) is 4.23. The Morgan fingerprint density at radius 2 is 2.07 bits per heavy atom. The number of H-pyrrole nitrogens is 1. The van der Waals surface area contributed by atoms with E-state index in [1.807, 2.05) is 13.2 Å². The maximum Gasteiger partial charge on any atom is 0.339 e. The molecule has 1 amide bonds. The topological polar surface area (TPSA) is 106 Å². The number of carbonyl (C=O) groups excluding carboxylic acids is 2. The molecule has 0 aliphatic carbocycles. The number of rotatable bonds is 3. The van der Waals surface area contributed by atoms with Crippen molar-refractivity contribution < 1.29 is 14.3 Å². The van der Waals surface area contributed by atoms with Gasteiger partial charge < -0.3 is 14.6 Å². The zero-order valence-electron chi connectivity index (χ0n) is 14.9. The molecule has 1 aliphatic rings. The highest BCUT2D eigenvalue weighted by Gasteiger charge is 2.32. The van der Waals surface area contributed by atoms with E-state index in [9.17, 15) is 9.59 Å². The van der Waals surface area contributed by atoms with Gasteiger partial charge in [0.05, 0.1) is 48.7 Å². The van der Waals surface area contributed by atoms with Gasteiger partial charge in [-0.2, -0.15) is 5.10 Å². The van der Waals surface area contributed by atoms with Gasteiger partial charge in [-0.3, -0.25) is 14.5 Å². The van der Waals surface area contributed by atoms with Gasteiger partial charge in [-0.1, -0.05) is 0 Å². The molecule has 0 radical (unpaired) electrons. The summed E-state index contributed by atoms with van der Waals surface area (Å²) in [5.41, 5.74) is 3.39. The van der Waals surface area contributed by atoms with E-state index in [0.29, 0.717) is 18.7 Å². The molecule has 1 atom stereocenters. The molecule has 1 N–H and O–H groups in total. The van der Waals surface area contributed by atoms with Crippen LogP contribution in [0.4, 0.5) is 0 Å². The highest BCUT2D eigenvalue weighted by atomic mass is 16.5. The lowest BCUT2D eigenvalue weighted by molar-refractivity contribution is 0.0600. The first kappa shape index (κ1) is 17.0. The number of aryl methyl sites for hydroxylation is 1. The molecule has 9 heteroatoms. The minimum Gasteiger partial charge on any atom is -0.465 e. The Kier molecular flexibility index (Phi) is 4.19. The van der Waals surface area contributed by atoms with Crippen LogP contribution in [0.3, 0.4) is 0 Å². The second kappa shape index (κ2) is 6.67. The SMILES string of the molecule is COC(=O)c1cncc(C(=O)N2Cc3[nH]cnc3C(c3cnn(C)c3)C2)c1. The van der Waals surface area contributed by atoms with E-state index in [2.05, 4.69) is 20.1 Å². The van der Waals surface area contributed by atoms with E-state index in [-0.39, 0.29) is 17.4 Å². The fraction of sp³-hybridized carbons (Fsp3) is 0.278. The first-order valence-corrected chi connectivity index (χ1v) is 8.40. The zero-order chi connectivity index (χ0) is 19.0. The Balaban J connectivity index is 1.65. The lowest BCUT2D eigenvalue weighted by Crippen LogP contribution is -2.38. The predicted molar refractivity (Wildman–Crippen MR) is 94.0 cm³/mol. The van der Waals surface area contributed by atoms with Crippen LogP contribution in [0.5, 0.6) is 0 Å². The van der Waals surface area contributed by atoms with Crippen LogP contribution in [0.15, 0.2) is 37.2 Å². The number of hydrogen-bond donors (Lipinski definition) is 1. The molecule has 0 saturated carbocycles. The average molecular weight is 366 g/mol.